The second-order valence-corrected chi connectivity index (χ2v) is 13.0. The molecule has 8 rings (SSSR count). The Labute approximate surface area is 295 Å². The molecule has 2 amide bonds. The second kappa shape index (κ2) is 13.5. The van der Waals surface area contributed by atoms with Crippen molar-refractivity contribution < 1.29 is 28.9 Å². The van der Waals surface area contributed by atoms with Crippen LogP contribution in [0.3, 0.4) is 0 Å². The minimum atomic E-state index is -0.387. The minimum absolute atomic E-state index is 0.0528. The fraction of sp³-hybridized carbons (Fsp3) is 0.282. The van der Waals surface area contributed by atoms with Crippen molar-refractivity contribution >= 4 is 23.2 Å². The standard InChI is InChI=1S/C39H38N6O6/c1-25-31(38(47)45(28-10-4-3-5-11-28)30-20-40-39(48)41-21-30)17-34(42(25)2)32-18-35-36(51-24-50-35)19-33(32)37(46)44-22-27-9-7-6-8-26(27)16-29(44)23-43-12-14-49-15-13-43/h3-11,17-21,29H,12-16,22-24H2,1-2H3,(H,40,41,48)/t29-/m0/s1. The van der Waals surface area contributed by atoms with Gasteiger partial charge in [0.1, 0.15) is 0 Å². The Bertz CT molecular complexity index is 2090. The number of hydrogen-bond donors (Lipinski definition) is 1. The van der Waals surface area contributed by atoms with Crippen LogP contribution in [0.1, 0.15) is 37.5 Å². The quantitative estimate of drug-likeness (QED) is 0.249. The van der Waals surface area contributed by atoms with Gasteiger partial charge in [-0.2, -0.15) is 0 Å². The lowest BCUT2D eigenvalue weighted by Crippen LogP contribution is -2.52. The van der Waals surface area contributed by atoms with Crippen LogP contribution >= 0.6 is 0 Å². The van der Waals surface area contributed by atoms with E-state index >= 15 is 0 Å². The fourth-order valence-corrected chi connectivity index (χ4v) is 7.24. The average Bonchev–Trinajstić information content (AvgIpc) is 3.75. The van der Waals surface area contributed by atoms with Gasteiger partial charge < -0.3 is 28.8 Å². The molecule has 0 spiro atoms. The van der Waals surface area contributed by atoms with E-state index in [0.717, 1.165) is 31.6 Å². The molecule has 3 aliphatic heterocycles. The third-order valence-corrected chi connectivity index (χ3v) is 10.1. The smallest absolute Gasteiger partial charge is 0.313 e. The van der Waals surface area contributed by atoms with Crippen LogP contribution in [0.5, 0.6) is 17.5 Å². The highest BCUT2D eigenvalue weighted by atomic mass is 16.7. The number of hydrogen-bond acceptors (Lipinski definition) is 9. The molecule has 1 fully saturated rings. The maximum absolute atomic E-state index is 15.0. The summed E-state index contributed by atoms with van der Waals surface area (Å²) in [5, 5.41) is 9.77. The van der Waals surface area contributed by atoms with Gasteiger partial charge in [0.2, 0.25) is 6.79 Å². The second-order valence-electron chi connectivity index (χ2n) is 13.0. The van der Waals surface area contributed by atoms with Crippen LogP contribution in [0, 0.1) is 6.92 Å². The number of rotatable bonds is 7. The minimum Gasteiger partial charge on any atom is -0.479 e. The van der Waals surface area contributed by atoms with Crippen LogP contribution in [0.15, 0.2) is 85.2 Å². The highest BCUT2D eigenvalue weighted by Gasteiger charge is 2.35. The summed E-state index contributed by atoms with van der Waals surface area (Å²) in [5.41, 5.74) is 6.30. The first-order chi connectivity index (χ1) is 24.9. The molecule has 0 radical (unpaired) electrons. The first-order valence-electron chi connectivity index (χ1n) is 17.0. The average molecular weight is 687 g/mol. The summed E-state index contributed by atoms with van der Waals surface area (Å²) in [5.74, 6) is 0.611. The molecule has 0 unspecified atom stereocenters. The lowest BCUT2D eigenvalue weighted by atomic mass is 9.92. The normalized spacial score (nSPS) is 16.9. The zero-order chi connectivity index (χ0) is 35.1. The molecular formula is C39H38N6O6. The van der Waals surface area contributed by atoms with Crippen molar-refractivity contribution in [2.45, 2.75) is 25.9 Å². The van der Waals surface area contributed by atoms with E-state index in [2.05, 4.69) is 33.1 Å². The highest BCUT2D eigenvalue weighted by Crippen LogP contribution is 2.41. The Morgan fingerprint density at radius 1 is 0.882 bits per heavy atom. The van der Waals surface area contributed by atoms with Crippen LogP contribution in [0.4, 0.5) is 11.4 Å². The Hall–Kier alpha value is -5.72. The van der Waals surface area contributed by atoms with Gasteiger partial charge in [0.25, 0.3) is 11.8 Å². The van der Waals surface area contributed by atoms with Crippen molar-refractivity contribution in [3.63, 3.8) is 0 Å². The monoisotopic (exact) mass is 686 g/mol. The summed E-state index contributed by atoms with van der Waals surface area (Å²) < 4.78 is 19.1. The van der Waals surface area contributed by atoms with E-state index in [0.29, 0.717) is 70.7 Å². The van der Waals surface area contributed by atoms with Crippen LogP contribution < -0.4 is 14.4 Å². The number of benzene rings is 3. The van der Waals surface area contributed by atoms with Gasteiger partial charge >= 0.3 is 6.01 Å². The van der Waals surface area contributed by atoms with Crippen molar-refractivity contribution in [3.8, 4) is 28.8 Å². The molecule has 5 aromatic rings. The van der Waals surface area contributed by atoms with Gasteiger partial charge in [-0.1, -0.05) is 42.5 Å². The lowest BCUT2D eigenvalue weighted by Gasteiger charge is -2.40. The third kappa shape index (κ3) is 6.17. The molecule has 2 aromatic heterocycles. The SMILES string of the molecule is Cc1c(C(=O)N(c2ccccc2)c2cnc(O)nc2)cc(-c2cc3c(cc2C(=O)N2Cc4ccccc4C[C@H]2CN2CCOCC2)OCO3)n1C. The lowest BCUT2D eigenvalue weighted by molar-refractivity contribution is 0.0193. The number of anilines is 2. The number of para-hydroxylation sites is 1. The van der Waals surface area contributed by atoms with Crippen molar-refractivity contribution in [1.29, 1.82) is 0 Å². The zero-order valence-corrected chi connectivity index (χ0v) is 28.5. The summed E-state index contributed by atoms with van der Waals surface area (Å²) >= 11 is 0. The first-order valence-corrected chi connectivity index (χ1v) is 17.0. The summed E-state index contributed by atoms with van der Waals surface area (Å²) in [6, 6.07) is 22.5. The number of carbonyl (C=O) groups is 2. The van der Waals surface area contributed by atoms with Gasteiger partial charge in [0.05, 0.1) is 42.4 Å². The number of aromatic hydroxyl groups is 1. The number of ether oxygens (including phenoxy) is 3. The van der Waals surface area contributed by atoms with Crippen LogP contribution in [-0.2, 0) is 24.8 Å². The molecule has 3 aliphatic rings. The van der Waals surface area contributed by atoms with Crippen LogP contribution in [0.25, 0.3) is 11.3 Å². The molecule has 0 aliphatic carbocycles. The van der Waals surface area contributed by atoms with E-state index in [9.17, 15) is 14.7 Å². The van der Waals surface area contributed by atoms with E-state index in [4.69, 9.17) is 14.2 Å². The van der Waals surface area contributed by atoms with Crippen LogP contribution in [-0.4, -0.2) is 86.9 Å². The predicted octanol–water partition coefficient (Wildman–Crippen LogP) is 5.10. The molecule has 0 bridgehead atoms. The molecule has 3 aromatic carbocycles. The van der Waals surface area contributed by atoms with Gasteiger partial charge in [-0.05, 0) is 54.8 Å². The van der Waals surface area contributed by atoms with Crippen molar-refractivity contribution in [2.24, 2.45) is 7.05 Å². The van der Waals surface area contributed by atoms with E-state index in [1.807, 2.05) is 72.0 Å². The Morgan fingerprint density at radius 3 is 2.31 bits per heavy atom. The van der Waals surface area contributed by atoms with E-state index < -0.39 is 0 Å². The Morgan fingerprint density at radius 2 is 1.57 bits per heavy atom. The molecule has 51 heavy (non-hydrogen) atoms. The van der Waals surface area contributed by atoms with Gasteiger partial charge in [-0.15, -0.1) is 0 Å². The topological polar surface area (TPSA) is 122 Å². The highest BCUT2D eigenvalue weighted by molar-refractivity contribution is 6.12. The first kappa shape index (κ1) is 32.5. The van der Waals surface area contributed by atoms with Crippen molar-refractivity contribution in [1.82, 2.24) is 24.3 Å². The Kier molecular flexibility index (Phi) is 8.62. The maximum atomic E-state index is 15.0. The molecule has 1 atom stereocenters. The van der Waals surface area contributed by atoms with Crippen molar-refractivity contribution in [3.05, 3.63) is 113 Å². The maximum Gasteiger partial charge on any atom is 0.313 e. The Balaban J connectivity index is 1.20. The molecule has 12 heteroatoms. The molecule has 0 saturated carbocycles. The molecule has 12 nitrogen and oxygen atoms in total. The molecule has 1 N–H and O–H groups in total. The third-order valence-electron chi connectivity index (χ3n) is 10.1. The molecule has 1 saturated heterocycles. The van der Waals surface area contributed by atoms with E-state index in [-0.39, 0.29) is 30.7 Å². The van der Waals surface area contributed by atoms with Gasteiger partial charge in [0, 0.05) is 61.9 Å². The number of amides is 2. The predicted molar refractivity (Wildman–Crippen MR) is 189 cm³/mol. The van der Waals surface area contributed by atoms with Gasteiger partial charge in [-0.3, -0.25) is 19.4 Å². The largest absolute Gasteiger partial charge is 0.479 e. The molecule has 260 valence electrons. The summed E-state index contributed by atoms with van der Waals surface area (Å²) in [7, 11) is 1.88. The number of fused-ring (bicyclic) bond motifs is 2. The number of carbonyl (C=O) groups excluding carboxylic acids is 2. The number of nitrogens with zero attached hydrogens (tertiary/aromatic N) is 6. The molecular weight excluding hydrogens is 648 g/mol. The molecule has 5 heterocycles. The number of morpholine rings is 1. The van der Waals surface area contributed by atoms with Crippen LogP contribution in [0.2, 0.25) is 0 Å². The summed E-state index contributed by atoms with van der Waals surface area (Å²) in [4.78, 5) is 43.2. The van der Waals surface area contributed by atoms with Gasteiger partial charge in [-0.25, -0.2) is 9.97 Å². The van der Waals surface area contributed by atoms with Gasteiger partial charge in [0.15, 0.2) is 11.5 Å². The summed E-state index contributed by atoms with van der Waals surface area (Å²) in [6.45, 7) is 6.16. The number of aromatic nitrogens is 3. The van der Waals surface area contributed by atoms with E-state index in [1.165, 1.54) is 22.9 Å². The van der Waals surface area contributed by atoms with Crippen molar-refractivity contribution in [2.75, 3.05) is 44.5 Å². The fourth-order valence-electron chi connectivity index (χ4n) is 7.24. The van der Waals surface area contributed by atoms with E-state index in [1.54, 1.807) is 6.07 Å². The zero-order valence-electron chi connectivity index (χ0n) is 28.5. The summed E-state index contributed by atoms with van der Waals surface area (Å²) in [6.07, 6.45) is 3.56.